The highest BCUT2D eigenvalue weighted by molar-refractivity contribution is 5.36. The molecule has 3 nitrogen and oxygen atoms in total. The van der Waals surface area contributed by atoms with E-state index < -0.39 is 0 Å². The summed E-state index contributed by atoms with van der Waals surface area (Å²) in [4.78, 5) is 0. The fraction of sp³-hybridized carbons (Fsp3) is 0.400. The molecule has 0 saturated carbocycles. The van der Waals surface area contributed by atoms with Crippen LogP contribution in [0.25, 0.3) is 5.69 Å². The molecule has 19 heavy (non-hydrogen) atoms. The second-order valence-electron chi connectivity index (χ2n) is 5.14. The van der Waals surface area contributed by atoms with Crippen LogP contribution in [0.1, 0.15) is 25.1 Å². The zero-order valence-corrected chi connectivity index (χ0v) is 11.7. The van der Waals surface area contributed by atoms with E-state index in [0.29, 0.717) is 11.6 Å². The zero-order chi connectivity index (χ0) is 13.8. The maximum Gasteiger partial charge on any atom is 0.148 e. The van der Waals surface area contributed by atoms with Crippen molar-refractivity contribution in [1.29, 1.82) is 0 Å². The van der Waals surface area contributed by atoms with Gasteiger partial charge in [-0.2, -0.15) is 5.10 Å². The van der Waals surface area contributed by atoms with Crippen molar-refractivity contribution >= 4 is 0 Å². The van der Waals surface area contributed by atoms with Crippen LogP contribution in [-0.2, 0) is 6.54 Å². The molecule has 0 unspecified atom stereocenters. The van der Waals surface area contributed by atoms with Gasteiger partial charge >= 0.3 is 0 Å². The van der Waals surface area contributed by atoms with Crippen LogP contribution in [0.5, 0.6) is 0 Å². The van der Waals surface area contributed by atoms with Gasteiger partial charge in [0.15, 0.2) is 0 Å². The van der Waals surface area contributed by atoms with Crippen LogP contribution in [0.2, 0.25) is 0 Å². The largest absolute Gasteiger partial charge is 0.312 e. The Morgan fingerprint density at radius 2 is 2.05 bits per heavy atom. The van der Waals surface area contributed by atoms with Gasteiger partial charge in [-0.25, -0.2) is 9.07 Å². The summed E-state index contributed by atoms with van der Waals surface area (Å²) in [6, 6.07) is 6.69. The summed E-state index contributed by atoms with van der Waals surface area (Å²) in [5.74, 6) is 0.359. The Morgan fingerprint density at radius 1 is 1.32 bits per heavy atom. The van der Waals surface area contributed by atoms with Crippen LogP contribution < -0.4 is 5.32 Å². The molecule has 0 atom stereocenters. The van der Waals surface area contributed by atoms with Crippen molar-refractivity contribution in [3.63, 3.8) is 0 Å². The van der Waals surface area contributed by atoms with Gasteiger partial charge < -0.3 is 5.32 Å². The quantitative estimate of drug-likeness (QED) is 0.896. The summed E-state index contributed by atoms with van der Waals surface area (Å²) >= 11 is 0. The Kier molecular flexibility index (Phi) is 4.32. The van der Waals surface area contributed by atoms with Crippen LogP contribution in [0.15, 0.2) is 30.5 Å². The summed E-state index contributed by atoms with van der Waals surface area (Å²) < 4.78 is 15.4. The highest BCUT2D eigenvalue weighted by Crippen LogP contribution is 2.16. The molecule has 2 rings (SSSR count). The van der Waals surface area contributed by atoms with E-state index in [4.69, 9.17) is 0 Å². The first-order chi connectivity index (χ1) is 9.09. The van der Waals surface area contributed by atoms with E-state index in [1.165, 1.54) is 6.07 Å². The predicted molar refractivity (Wildman–Crippen MR) is 74.8 cm³/mol. The number of hydrogen-bond acceptors (Lipinski definition) is 2. The molecule has 4 heteroatoms. The molecule has 0 aliphatic carbocycles. The van der Waals surface area contributed by atoms with Gasteiger partial charge in [-0.15, -0.1) is 0 Å². The van der Waals surface area contributed by atoms with Gasteiger partial charge in [-0.1, -0.05) is 26.0 Å². The average molecular weight is 261 g/mol. The number of rotatable bonds is 5. The van der Waals surface area contributed by atoms with Crippen LogP contribution in [0.3, 0.4) is 0 Å². The van der Waals surface area contributed by atoms with Gasteiger partial charge in [-0.05, 0) is 31.5 Å². The first-order valence-corrected chi connectivity index (χ1v) is 6.58. The third-order valence-electron chi connectivity index (χ3n) is 3.06. The van der Waals surface area contributed by atoms with Gasteiger partial charge in [0.25, 0.3) is 0 Å². The number of hydrogen-bond donors (Lipinski definition) is 1. The molecular weight excluding hydrogens is 241 g/mol. The number of nitrogens with one attached hydrogen (secondary N) is 1. The van der Waals surface area contributed by atoms with Gasteiger partial charge in [0, 0.05) is 17.8 Å². The molecule has 0 bridgehead atoms. The first kappa shape index (κ1) is 13.7. The van der Waals surface area contributed by atoms with E-state index in [2.05, 4.69) is 24.3 Å². The number of nitrogens with zero attached hydrogens (tertiary/aromatic N) is 2. The van der Waals surface area contributed by atoms with Crippen molar-refractivity contribution in [2.75, 3.05) is 6.54 Å². The molecule has 0 aliphatic heterocycles. The summed E-state index contributed by atoms with van der Waals surface area (Å²) in [7, 11) is 0. The molecular formula is C15H20FN3. The second-order valence-corrected chi connectivity index (χ2v) is 5.14. The lowest BCUT2D eigenvalue weighted by atomic mass is 10.2. The molecule has 1 N–H and O–H groups in total. The molecule has 1 aromatic heterocycles. The normalized spacial score (nSPS) is 11.2. The van der Waals surface area contributed by atoms with Crippen LogP contribution in [0, 0.1) is 18.7 Å². The van der Waals surface area contributed by atoms with Crippen LogP contribution in [0.4, 0.5) is 4.39 Å². The molecule has 1 aromatic carbocycles. The van der Waals surface area contributed by atoms with Crippen molar-refractivity contribution in [1.82, 2.24) is 15.1 Å². The van der Waals surface area contributed by atoms with Crippen LogP contribution >= 0.6 is 0 Å². The lowest BCUT2D eigenvalue weighted by molar-refractivity contribution is 0.551. The van der Waals surface area contributed by atoms with Gasteiger partial charge in [0.05, 0.1) is 6.20 Å². The molecule has 0 radical (unpaired) electrons. The van der Waals surface area contributed by atoms with E-state index in [9.17, 15) is 4.39 Å². The lowest BCUT2D eigenvalue weighted by Gasteiger charge is -2.08. The minimum atomic E-state index is -0.254. The topological polar surface area (TPSA) is 29.9 Å². The first-order valence-electron chi connectivity index (χ1n) is 6.58. The maximum absolute atomic E-state index is 13.7. The van der Waals surface area contributed by atoms with E-state index in [-0.39, 0.29) is 5.82 Å². The molecule has 102 valence electrons. The fourth-order valence-corrected chi connectivity index (χ4v) is 1.98. The minimum Gasteiger partial charge on any atom is -0.312 e. The Morgan fingerprint density at radius 3 is 2.74 bits per heavy atom. The number of para-hydroxylation sites is 1. The Hall–Kier alpha value is -1.68. The van der Waals surface area contributed by atoms with Crippen molar-refractivity contribution in [3.8, 4) is 5.69 Å². The Balaban J connectivity index is 2.17. The number of benzene rings is 1. The lowest BCUT2D eigenvalue weighted by Crippen LogP contribution is -2.19. The standard InChI is InChI=1S/C15H20FN3/c1-11(2)8-17-9-13-10-18-19(12(13)3)15-7-5-4-6-14(15)16/h4-7,10-11,17H,8-9H2,1-3H3. The van der Waals surface area contributed by atoms with Crippen molar-refractivity contribution in [2.45, 2.75) is 27.3 Å². The molecule has 0 saturated heterocycles. The maximum atomic E-state index is 13.7. The summed E-state index contributed by atoms with van der Waals surface area (Å²) in [5.41, 5.74) is 2.57. The van der Waals surface area contributed by atoms with Crippen LogP contribution in [-0.4, -0.2) is 16.3 Å². The fourth-order valence-electron chi connectivity index (χ4n) is 1.98. The molecule has 2 aromatic rings. The van der Waals surface area contributed by atoms with Crippen molar-refractivity contribution in [3.05, 3.63) is 47.5 Å². The summed E-state index contributed by atoms with van der Waals surface area (Å²) in [5, 5.41) is 7.66. The third kappa shape index (κ3) is 3.20. The zero-order valence-electron chi connectivity index (χ0n) is 11.7. The van der Waals surface area contributed by atoms with E-state index >= 15 is 0 Å². The third-order valence-corrected chi connectivity index (χ3v) is 3.06. The summed E-state index contributed by atoms with van der Waals surface area (Å²) in [6.45, 7) is 8.03. The van der Waals surface area contributed by atoms with Gasteiger partial charge in [0.1, 0.15) is 11.5 Å². The van der Waals surface area contributed by atoms with Crippen molar-refractivity contribution < 1.29 is 4.39 Å². The Bertz CT molecular complexity index is 546. The SMILES string of the molecule is Cc1c(CNCC(C)C)cnn1-c1ccccc1F. The molecule has 1 heterocycles. The van der Waals surface area contributed by atoms with E-state index in [1.54, 1.807) is 23.0 Å². The van der Waals surface area contributed by atoms with Crippen molar-refractivity contribution in [2.24, 2.45) is 5.92 Å². The summed E-state index contributed by atoms with van der Waals surface area (Å²) in [6.07, 6.45) is 1.80. The molecule has 0 aliphatic rings. The highest BCUT2D eigenvalue weighted by Gasteiger charge is 2.10. The van der Waals surface area contributed by atoms with E-state index in [1.807, 2.05) is 13.0 Å². The average Bonchev–Trinajstić information content (AvgIpc) is 2.72. The van der Waals surface area contributed by atoms with E-state index in [0.717, 1.165) is 24.3 Å². The highest BCUT2D eigenvalue weighted by atomic mass is 19.1. The Labute approximate surface area is 113 Å². The number of aromatic nitrogens is 2. The van der Waals surface area contributed by atoms with Gasteiger partial charge in [0.2, 0.25) is 0 Å². The number of halogens is 1. The van der Waals surface area contributed by atoms with Gasteiger partial charge in [-0.3, -0.25) is 0 Å². The molecule has 0 amide bonds. The monoisotopic (exact) mass is 261 g/mol. The molecule has 0 spiro atoms. The smallest absolute Gasteiger partial charge is 0.148 e. The molecule has 0 fully saturated rings. The predicted octanol–water partition coefficient (Wildman–Crippen LogP) is 3.07. The minimum absolute atomic E-state index is 0.254. The second kappa shape index (κ2) is 5.97.